The summed E-state index contributed by atoms with van der Waals surface area (Å²) in [6, 6.07) is 1.36. The van der Waals surface area contributed by atoms with Crippen LogP contribution in [0.3, 0.4) is 0 Å². The molecule has 6 heteroatoms. The monoisotopic (exact) mass is 188 g/mol. The second-order valence-electron chi connectivity index (χ2n) is 2.36. The first kappa shape index (κ1) is 9.53. The van der Waals surface area contributed by atoms with Gasteiger partial charge in [-0.1, -0.05) is 0 Å². The van der Waals surface area contributed by atoms with Crippen LogP contribution in [0.15, 0.2) is 12.1 Å². The van der Waals surface area contributed by atoms with E-state index in [9.17, 15) is 18.9 Å². The quantitative estimate of drug-likeness (QED) is 0.562. The van der Waals surface area contributed by atoms with Crippen LogP contribution in [0.5, 0.6) is 0 Å². The summed E-state index contributed by atoms with van der Waals surface area (Å²) in [5, 5.41) is 10.2. The molecule has 13 heavy (non-hydrogen) atoms. The van der Waals surface area contributed by atoms with Crippen LogP contribution in [0, 0.1) is 21.7 Å². The molecule has 0 aliphatic carbocycles. The predicted octanol–water partition coefficient (Wildman–Crippen LogP) is 1.33. The van der Waals surface area contributed by atoms with Gasteiger partial charge >= 0.3 is 5.69 Å². The van der Waals surface area contributed by atoms with Crippen molar-refractivity contribution in [1.82, 2.24) is 0 Å². The molecule has 1 aromatic rings. The number of benzene rings is 1. The Balaban J connectivity index is 3.35. The van der Waals surface area contributed by atoms with Crippen LogP contribution in [-0.4, -0.2) is 4.92 Å². The Morgan fingerprint density at radius 2 is 2.08 bits per heavy atom. The number of nitro benzene ring substituents is 1. The van der Waals surface area contributed by atoms with Crippen molar-refractivity contribution in [2.24, 2.45) is 5.73 Å². The highest BCUT2D eigenvalue weighted by Crippen LogP contribution is 2.21. The molecular formula is C7H6F2N2O2. The number of nitrogens with zero attached hydrogens (tertiary/aromatic N) is 1. The second-order valence-corrected chi connectivity index (χ2v) is 2.36. The van der Waals surface area contributed by atoms with Gasteiger partial charge in [-0.3, -0.25) is 10.1 Å². The molecule has 0 atom stereocenters. The zero-order valence-electron chi connectivity index (χ0n) is 6.46. The van der Waals surface area contributed by atoms with Crippen molar-refractivity contribution >= 4 is 5.69 Å². The molecule has 0 saturated carbocycles. The van der Waals surface area contributed by atoms with Crippen molar-refractivity contribution in [1.29, 1.82) is 0 Å². The molecule has 70 valence electrons. The average molecular weight is 188 g/mol. The molecule has 0 aromatic heterocycles. The van der Waals surface area contributed by atoms with Crippen molar-refractivity contribution in [2.45, 2.75) is 6.54 Å². The Hall–Kier alpha value is -1.56. The molecule has 0 fully saturated rings. The minimum absolute atomic E-state index is 0.202. The molecule has 0 spiro atoms. The van der Waals surface area contributed by atoms with Crippen LogP contribution in [-0.2, 0) is 6.54 Å². The van der Waals surface area contributed by atoms with E-state index in [1.807, 2.05) is 0 Å². The number of halogens is 2. The highest BCUT2D eigenvalue weighted by Gasteiger charge is 2.18. The molecule has 0 bridgehead atoms. The molecule has 0 saturated heterocycles. The van der Waals surface area contributed by atoms with Gasteiger partial charge in [0, 0.05) is 12.1 Å². The summed E-state index contributed by atoms with van der Waals surface area (Å²) >= 11 is 0. The second kappa shape index (κ2) is 3.44. The number of nitro groups is 1. The van der Waals surface area contributed by atoms with Crippen LogP contribution >= 0.6 is 0 Å². The lowest BCUT2D eigenvalue weighted by molar-refractivity contribution is -0.387. The summed E-state index contributed by atoms with van der Waals surface area (Å²) in [6.07, 6.45) is 0. The van der Waals surface area contributed by atoms with Gasteiger partial charge in [-0.25, -0.2) is 4.39 Å². The van der Waals surface area contributed by atoms with E-state index in [1.54, 1.807) is 0 Å². The Morgan fingerprint density at radius 1 is 1.46 bits per heavy atom. The fraction of sp³-hybridized carbons (Fsp3) is 0.143. The van der Waals surface area contributed by atoms with Gasteiger partial charge in [0.15, 0.2) is 0 Å². The molecule has 2 N–H and O–H groups in total. The first-order chi connectivity index (χ1) is 6.06. The lowest BCUT2D eigenvalue weighted by Gasteiger charge is -2.00. The van der Waals surface area contributed by atoms with Crippen LogP contribution in [0.2, 0.25) is 0 Å². The van der Waals surface area contributed by atoms with E-state index in [0.29, 0.717) is 6.07 Å². The maximum absolute atomic E-state index is 13.0. The summed E-state index contributed by atoms with van der Waals surface area (Å²) in [5.74, 6) is -1.94. The molecule has 0 radical (unpaired) electrons. The lowest BCUT2D eigenvalue weighted by Crippen LogP contribution is -2.04. The largest absolute Gasteiger partial charge is 0.326 e. The fourth-order valence-corrected chi connectivity index (χ4v) is 0.911. The zero-order valence-corrected chi connectivity index (χ0v) is 6.46. The van der Waals surface area contributed by atoms with Crippen LogP contribution in [0.25, 0.3) is 0 Å². The zero-order chi connectivity index (χ0) is 10.0. The van der Waals surface area contributed by atoms with Crippen molar-refractivity contribution in [3.05, 3.63) is 39.4 Å². The Bertz CT molecular complexity index is 355. The molecular weight excluding hydrogens is 182 g/mol. The van der Waals surface area contributed by atoms with Gasteiger partial charge in [0.25, 0.3) is 0 Å². The highest BCUT2D eigenvalue weighted by molar-refractivity contribution is 5.37. The first-order valence-corrected chi connectivity index (χ1v) is 3.38. The third-order valence-corrected chi connectivity index (χ3v) is 1.51. The minimum Gasteiger partial charge on any atom is -0.326 e. The fourth-order valence-electron chi connectivity index (χ4n) is 0.911. The van der Waals surface area contributed by atoms with Crippen LogP contribution < -0.4 is 5.73 Å². The Morgan fingerprint density at radius 3 is 2.54 bits per heavy atom. The predicted molar refractivity (Wildman–Crippen MR) is 40.9 cm³/mol. The summed E-state index contributed by atoms with van der Waals surface area (Å²) in [4.78, 5) is 9.21. The van der Waals surface area contributed by atoms with Crippen molar-refractivity contribution in [3.63, 3.8) is 0 Å². The summed E-state index contributed by atoms with van der Waals surface area (Å²) in [6.45, 7) is -0.273. The van der Waals surface area contributed by atoms with Crippen LogP contribution in [0.4, 0.5) is 14.5 Å². The van der Waals surface area contributed by atoms with Gasteiger partial charge in [-0.15, -0.1) is 0 Å². The van der Waals surface area contributed by atoms with E-state index in [-0.39, 0.29) is 12.1 Å². The maximum atomic E-state index is 13.0. The molecule has 0 unspecified atom stereocenters. The van der Waals surface area contributed by atoms with E-state index in [1.165, 1.54) is 0 Å². The van der Waals surface area contributed by atoms with Gasteiger partial charge in [-0.2, -0.15) is 4.39 Å². The standard InChI is InChI=1S/C7H6F2N2O2/c8-5-1-4(3-10)7(9)6(2-5)11(12)13/h1-2H,3,10H2. The lowest BCUT2D eigenvalue weighted by atomic mass is 10.2. The average Bonchev–Trinajstić information content (AvgIpc) is 2.08. The Kier molecular flexibility index (Phi) is 2.52. The van der Waals surface area contributed by atoms with Crippen LogP contribution in [0.1, 0.15) is 5.56 Å². The molecule has 4 nitrogen and oxygen atoms in total. The summed E-state index contributed by atoms with van der Waals surface area (Å²) < 4.78 is 25.6. The molecule has 0 amide bonds. The van der Waals surface area contributed by atoms with Gasteiger partial charge in [0.1, 0.15) is 5.82 Å². The normalized spacial score (nSPS) is 10.1. The van der Waals surface area contributed by atoms with Crippen molar-refractivity contribution in [2.75, 3.05) is 0 Å². The van der Waals surface area contributed by atoms with Gasteiger partial charge in [0.05, 0.1) is 11.0 Å². The molecule has 0 aliphatic heterocycles. The third-order valence-electron chi connectivity index (χ3n) is 1.51. The SMILES string of the molecule is NCc1cc(F)cc([N+](=O)[O-])c1F. The molecule has 1 rings (SSSR count). The number of hydrogen-bond acceptors (Lipinski definition) is 3. The number of nitrogens with two attached hydrogens (primary N) is 1. The Labute approximate surface area is 72.1 Å². The first-order valence-electron chi connectivity index (χ1n) is 3.38. The van der Waals surface area contributed by atoms with Gasteiger partial charge in [-0.05, 0) is 6.07 Å². The topological polar surface area (TPSA) is 69.2 Å². The van der Waals surface area contributed by atoms with Crippen molar-refractivity contribution < 1.29 is 13.7 Å². The molecule has 0 aliphatic rings. The van der Waals surface area contributed by atoms with E-state index in [0.717, 1.165) is 6.07 Å². The minimum atomic E-state index is -1.08. The summed E-state index contributed by atoms with van der Waals surface area (Å²) in [5.41, 5.74) is 3.97. The van der Waals surface area contributed by atoms with Crippen molar-refractivity contribution in [3.8, 4) is 0 Å². The van der Waals surface area contributed by atoms with E-state index >= 15 is 0 Å². The third kappa shape index (κ3) is 1.78. The number of hydrogen-bond donors (Lipinski definition) is 1. The molecule has 0 heterocycles. The van der Waals surface area contributed by atoms with E-state index < -0.39 is 22.2 Å². The molecule has 1 aromatic carbocycles. The van der Waals surface area contributed by atoms with E-state index in [2.05, 4.69) is 0 Å². The van der Waals surface area contributed by atoms with Gasteiger partial charge in [0.2, 0.25) is 5.82 Å². The summed E-state index contributed by atoms with van der Waals surface area (Å²) in [7, 11) is 0. The van der Waals surface area contributed by atoms with Gasteiger partial charge < -0.3 is 5.73 Å². The number of rotatable bonds is 2. The highest BCUT2D eigenvalue weighted by atomic mass is 19.1. The maximum Gasteiger partial charge on any atom is 0.308 e. The smallest absolute Gasteiger partial charge is 0.308 e. The van der Waals surface area contributed by atoms with E-state index in [4.69, 9.17) is 5.73 Å².